The second-order valence-corrected chi connectivity index (χ2v) is 3.95. The minimum atomic E-state index is -0.499. The molecule has 1 aromatic carbocycles. The van der Waals surface area contributed by atoms with Crippen LogP contribution in [-0.4, -0.2) is 5.78 Å². The van der Waals surface area contributed by atoms with Gasteiger partial charge in [-0.25, -0.2) is 0 Å². The van der Waals surface area contributed by atoms with Gasteiger partial charge in [-0.2, -0.15) is 0 Å². The first kappa shape index (κ1) is 11.3. The van der Waals surface area contributed by atoms with Gasteiger partial charge in [0.1, 0.15) is 5.38 Å². The number of carbonyl (C=O) groups excluding carboxylic acids is 1. The summed E-state index contributed by atoms with van der Waals surface area (Å²) in [5.74, 6) is 0.00280. The average molecular weight is 211 g/mol. The van der Waals surface area contributed by atoms with E-state index in [1.165, 1.54) is 12.5 Å². The Hall–Kier alpha value is -0.820. The molecule has 0 aliphatic carbocycles. The summed E-state index contributed by atoms with van der Waals surface area (Å²) in [6.45, 7) is 5.59. The summed E-state index contributed by atoms with van der Waals surface area (Å²) >= 11 is 6.03. The Labute approximate surface area is 90.1 Å². The van der Waals surface area contributed by atoms with E-state index in [0.717, 1.165) is 17.5 Å². The third-order valence-electron chi connectivity index (χ3n) is 2.38. The standard InChI is InChI=1S/C12H15ClO/c1-4-10-6-5-8(2)11(7-10)12(13)9(3)14/h5-7,12H,4H2,1-3H3. The van der Waals surface area contributed by atoms with E-state index in [4.69, 9.17) is 11.6 Å². The van der Waals surface area contributed by atoms with E-state index in [9.17, 15) is 4.79 Å². The predicted molar refractivity (Wildman–Crippen MR) is 59.8 cm³/mol. The fraction of sp³-hybridized carbons (Fsp3) is 0.417. The van der Waals surface area contributed by atoms with E-state index < -0.39 is 5.38 Å². The first-order chi connectivity index (χ1) is 6.56. The van der Waals surface area contributed by atoms with Gasteiger partial charge in [-0.15, -0.1) is 11.6 Å². The zero-order chi connectivity index (χ0) is 10.7. The highest BCUT2D eigenvalue weighted by molar-refractivity contribution is 6.30. The fourth-order valence-electron chi connectivity index (χ4n) is 1.40. The molecule has 1 unspecified atom stereocenters. The predicted octanol–water partition coefficient (Wildman–Crippen LogP) is 3.43. The van der Waals surface area contributed by atoms with Crippen LogP contribution in [0.3, 0.4) is 0 Å². The first-order valence-corrected chi connectivity index (χ1v) is 5.23. The lowest BCUT2D eigenvalue weighted by atomic mass is 9.99. The molecule has 1 aromatic rings. The summed E-state index contributed by atoms with van der Waals surface area (Å²) < 4.78 is 0. The first-order valence-electron chi connectivity index (χ1n) is 4.80. The van der Waals surface area contributed by atoms with Crippen molar-refractivity contribution in [1.82, 2.24) is 0 Å². The Morgan fingerprint density at radius 1 is 1.50 bits per heavy atom. The van der Waals surface area contributed by atoms with Crippen LogP contribution in [0.4, 0.5) is 0 Å². The molecule has 0 radical (unpaired) electrons. The van der Waals surface area contributed by atoms with Crippen molar-refractivity contribution in [2.24, 2.45) is 0 Å². The molecular weight excluding hydrogens is 196 g/mol. The summed E-state index contributed by atoms with van der Waals surface area (Å²) in [5.41, 5.74) is 3.24. The van der Waals surface area contributed by atoms with E-state index in [1.807, 2.05) is 19.1 Å². The molecule has 0 aliphatic heterocycles. The van der Waals surface area contributed by atoms with Crippen molar-refractivity contribution in [2.45, 2.75) is 32.6 Å². The molecule has 0 aromatic heterocycles. The zero-order valence-electron chi connectivity index (χ0n) is 8.80. The monoisotopic (exact) mass is 210 g/mol. The van der Waals surface area contributed by atoms with Crippen molar-refractivity contribution in [3.63, 3.8) is 0 Å². The normalized spacial score (nSPS) is 12.6. The van der Waals surface area contributed by atoms with Crippen molar-refractivity contribution in [3.8, 4) is 0 Å². The highest BCUT2D eigenvalue weighted by atomic mass is 35.5. The van der Waals surface area contributed by atoms with Crippen molar-refractivity contribution in [2.75, 3.05) is 0 Å². The van der Waals surface area contributed by atoms with E-state index in [-0.39, 0.29) is 5.78 Å². The number of hydrogen-bond acceptors (Lipinski definition) is 1. The fourth-order valence-corrected chi connectivity index (χ4v) is 1.64. The lowest BCUT2D eigenvalue weighted by Gasteiger charge is -2.11. The maximum Gasteiger partial charge on any atom is 0.152 e. The Balaban J connectivity index is 3.11. The van der Waals surface area contributed by atoms with Crippen molar-refractivity contribution < 1.29 is 4.79 Å². The lowest BCUT2D eigenvalue weighted by molar-refractivity contribution is -0.116. The molecule has 0 spiro atoms. The van der Waals surface area contributed by atoms with Crippen molar-refractivity contribution >= 4 is 17.4 Å². The van der Waals surface area contributed by atoms with Gasteiger partial charge in [-0.05, 0) is 37.0 Å². The van der Waals surface area contributed by atoms with Crippen LogP contribution in [0.5, 0.6) is 0 Å². The van der Waals surface area contributed by atoms with Gasteiger partial charge < -0.3 is 0 Å². The summed E-state index contributed by atoms with van der Waals surface area (Å²) in [6, 6.07) is 6.11. The second kappa shape index (κ2) is 4.61. The average Bonchev–Trinajstić information content (AvgIpc) is 2.17. The number of Topliss-reactive ketones (excluding diaryl/α,β-unsaturated/α-hetero) is 1. The van der Waals surface area contributed by atoms with Crippen LogP contribution in [0.25, 0.3) is 0 Å². The number of carbonyl (C=O) groups is 1. The van der Waals surface area contributed by atoms with Gasteiger partial charge in [0.2, 0.25) is 0 Å². The van der Waals surface area contributed by atoms with Crippen molar-refractivity contribution in [1.29, 1.82) is 0 Å². The zero-order valence-corrected chi connectivity index (χ0v) is 9.56. The van der Waals surface area contributed by atoms with Gasteiger partial charge in [0.05, 0.1) is 0 Å². The number of alkyl halides is 1. The highest BCUT2D eigenvalue weighted by Crippen LogP contribution is 2.25. The second-order valence-electron chi connectivity index (χ2n) is 3.52. The van der Waals surface area contributed by atoms with Gasteiger partial charge >= 0.3 is 0 Å². The van der Waals surface area contributed by atoms with Gasteiger partial charge in [0.25, 0.3) is 0 Å². The molecule has 14 heavy (non-hydrogen) atoms. The summed E-state index contributed by atoms with van der Waals surface area (Å²) in [4.78, 5) is 11.2. The maximum atomic E-state index is 11.2. The summed E-state index contributed by atoms with van der Waals surface area (Å²) in [7, 11) is 0. The Kier molecular flexibility index (Phi) is 3.70. The smallest absolute Gasteiger partial charge is 0.152 e. The third-order valence-corrected chi connectivity index (χ3v) is 2.92. The molecule has 76 valence electrons. The molecule has 1 nitrogen and oxygen atoms in total. The molecule has 0 fully saturated rings. The lowest BCUT2D eigenvalue weighted by Crippen LogP contribution is -2.04. The number of rotatable bonds is 3. The van der Waals surface area contributed by atoms with Crippen LogP contribution in [0.1, 0.15) is 35.9 Å². The molecule has 0 saturated heterocycles. The van der Waals surface area contributed by atoms with E-state index >= 15 is 0 Å². The highest BCUT2D eigenvalue weighted by Gasteiger charge is 2.15. The van der Waals surface area contributed by atoms with Crippen LogP contribution in [0, 0.1) is 6.92 Å². The molecule has 0 N–H and O–H groups in total. The van der Waals surface area contributed by atoms with Crippen molar-refractivity contribution in [3.05, 3.63) is 34.9 Å². The molecule has 1 atom stereocenters. The van der Waals surface area contributed by atoms with Crippen LogP contribution >= 0.6 is 11.6 Å². The van der Waals surface area contributed by atoms with Crippen LogP contribution in [0.15, 0.2) is 18.2 Å². The third kappa shape index (κ3) is 2.36. The molecule has 0 heterocycles. The summed E-state index contributed by atoms with van der Waals surface area (Å²) in [6.07, 6.45) is 0.967. The Morgan fingerprint density at radius 3 is 2.64 bits per heavy atom. The largest absolute Gasteiger partial charge is 0.298 e. The quantitative estimate of drug-likeness (QED) is 0.699. The Bertz CT molecular complexity index is 344. The molecule has 0 bridgehead atoms. The number of benzene rings is 1. The number of halogens is 1. The van der Waals surface area contributed by atoms with Crippen LogP contribution < -0.4 is 0 Å². The van der Waals surface area contributed by atoms with Gasteiger partial charge in [-0.1, -0.05) is 25.1 Å². The van der Waals surface area contributed by atoms with E-state index in [1.54, 1.807) is 0 Å². The molecule has 0 saturated carbocycles. The number of aryl methyl sites for hydroxylation is 2. The summed E-state index contributed by atoms with van der Waals surface area (Å²) in [5, 5.41) is -0.499. The minimum Gasteiger partial charge on any atom is -0.298 e. The molecule has 0 amide bonds. The van der Waals surface area contributed by atoms with E-state index in [0.29, 0.717) is 0 Å². The van der Waals surface area contributed by atoms with Crippen LogP contribution in [0.2, 0.25) is 0 Å². The number of hydrogen-bond donors (Lipinski definition) is 0. The Morgan fingerprint density at radius 2 is 2.14 bits per heavy atom. The molecule has 2 heteroatoms. The molecule has 1 rings (SSSR count). The van der Waals surface area contributed by atoms with Gasteiger partial charge in [0, 0.05) is 0 Å². The van der Waals surface area contributed by atoms with Gasteiger partial charge in [0.15, 0.2) is 5.78 Å². The molecular formula is C12H15ClO. The number of ketones is 1. The van der Waals surface area contributed by atoms with E-state index in [2.05, 4.69) is 13.0 Å². The SMILES string of the molecule is CCc1ccc(C)c(C(Cl)C(C)=O)c1. The molecule has 0 aliphatic rings. The maximum absolute atomic E-state index is 11.2. The van der Waals surface area contributed by atoms with Gasteiger partial charge in [-0.3, -0.25) is 4.79 Å². The minimum absolute atomic E-state index is 0.00280. The van der Waals surface area contributed by atoms with Crippen LogP contribution in [-0.2, 0) is 11.2 Å². The topological polar surface area (TPSA) is 17.1 Å².